The first-order valence-electron chi connectivity index (χ1n) is 5.55. The van der Waals surface area contributed by atoms with Crippen LogP contribution >= 0.6 is 15.9 Å². The van der Waals surface area contributed by atoms with Gasteiger partial charge in [0.2, 0.25) is 10.0 Å². The number of rotatable bonds is 3. The molecule has 1 atom stereocenters. The van der Waals surface area contributed by atoms with E-state index in [1.54, 1.807) is 19.1 Å². The zero-order valence-corrected chi connectivity index (χ0v) is 13.3. The predicted octanol–water partition coefficient (Wildman–Crippen LogP) is 1.08. The minimum Gasteiger partial charge on any atom is -0.281 e. The van der Waals surface area contributed by atoms with Crippen LogP contribution in [-0.2, 0) is 19.9 Å². The molecule has 1 aromatic rings. The van der Waals surface area contributed by atoms with Crippen molar-refractivity contribution in [2.45, 2.75) is 18.6 Å². The van der Waals surface area contributed by atoms with Gasteiger partial charge >= 0.3 is 0 Å². The van der Waals surface area contributed by atoms with Crippen molar-refractivity contribution in [1.82, 2.24) is 4.98 Å². The summed E-state index contributed by atoms with van der Waals surface area (Å²) < 4.78 is 49.9. The average molecular weight is 369 g/mol. The van der Waals surface area contributed by atoms with Crippen molar-refractivity contribution in [1.29, 1.82) is 0 Å². The molecule has 0 aliphatic carbocycles. The van der Waals surface area contributed by atoms with Crippen molar-refractivity contribution in [2.24, 2.45) is 0 Å². The monoisotopic (exact) mass is 368 g/mol. The van der Waals surface area contributed by atoms with E-state index in [-0.39, 0.29) is 17.9 Å². The summed E-state index contributed by atoms with van der Waals surface area (Å²) in [4.78, 5) is 4.08. The minimum atomic E-state index is -3.70. The maximum Gasteiger partial charge on any atom is 0.236 e. The fraction of sp³-hybridized carbons (Fsp3) is 0.500. The molecule has 106 valence electrons. The molecule has 2 heterocycles. The third-order valence-corrected chi connectivity index (χ3v) is 7.14. The largest absolute Gasteiger partial charge is 0.281 e. The summed E-state index contributed by atoms with van der Waals surface area (Å²) in [7, 11) is -6.93. The van der Waals surface area contributed by atoms with Crippen molar-refractivity contribution in [3.8, 4) is 0 Å². The molecule has 2 rings (SSSR count). The van der Waals surface area contributed by atoms with Crippen LogP contribution in [0.4, 0.5) is 5.69 Å². The van der Waals surface area contributed by atoms with Crippen molar-refractivity contribution in [2.75, 3.05) is 16.2 Å². The first-order valence-corrected chi connectivity index (χ1v) is 9.71. The average Bonchev–Trinajstić information content (AvgIpc) is 2.64. The summed E-state index contributed by atoms with van der Waals surface area (Å²) >= 11 is 3.19. The van der Waals surface area contributed by atoms with Gasteiger partial charge in [-0.25, -0.2) is 21.8 Å². The highest BCUT2D eigenvalue weighted by atomic mass is 79.9. The molecule has 6 nitrogen and oxygen atoms in total. The molecule has 0 aromatic carbocycles. The van der Waals surface area contributed by atoms with Crippen molar-refractivity contribution < 1.29 is 16.8 Å². The fourth-order valence-corrected chi connectivity index (χ4v) is 6.43. The Hall–Kier alpha value is -0.670. The second-order valence-electron chi connectivity index (χ2n) is 4.44. The first kappa shape index (κ1) is 14.7. The lowest BCUT2D eigenvalue weighted by molar-refractivity contribution is 0.587. The van der Waals surface area contributed by atoms with E-state index in [4.69, 9.17) is 0 Å². The summed E-state index contributed by atoms with van der Waals surface area (Å²) in [5.41, 5.74) is 0.895. The number of nitrogens with zero attached hydrogens (tertiary/aromatic N) is 1. The highest BCUT2D eigenvalue weighted by Crippen LogP contribution is 2.23. The number of aryl methyl sites for hydroxylation is 1. The summed E-state index contributed by atoms with van der Waals surface area (Å²) in [5, 5.41) is -0.888. The number of halogens is 1. The fourth-order valence-electron chi connectivity index (χ4n) is 1.88. The van der Waals surface area contributed by atoms with E-state index >= 15 is 0 Å². The second-order valence-corrected chi connectivity index (χ2v) is 9.44. The van der Waals surface area contributed by atoms with Crippen LogP contribution in [0.15, 0.2) is 16.7 Å². The van der Waals surface area contributed by atoms with Gasteiger partial charge in [-0.15, -0.1) is 0 Å². The highest BCUT2D eigenvalue weighted by Gasteiger charge is 2.37. The van der Waals surface area contributed by atoms with Crippen LogP contribution in [0.3, 0.4) is 0 Å². The van der Waals surface area contributed by atoms with Crippen LogP contribution in [0.1, 0.15) is 12.1 Å². The molecule has 0 bridgehead atoms. The van der Waals surface area contributed by atoms with E-state index in [1.807, 2.05) is 0 Å². The smallest absolute Gasteiger partial charge is 0.236 e. The maximum atomic E-state index is 12.1. The summed E-state index contributed by atoms with van der Waals surface area (Å²) in [6.07, 6.45) is 0.140. The third-order valence-electron chi connectivity index (χ3n) is 2.93. The SMILES string of the molecule is Cc1nc(Br)ccc1NS(=O)(=O)C1CCS(=O)(=O)C1. The molecule has 1 aliphatic rings. The molecule has 1 saturated heterocycles. The Morgan fingerprint density at radius 2 is 2.11 bits per heavy atom. The lowest BCUT2D eigenvalue weighted by atomic mass is 10.3. The van der Waals surface area contributed by atoms with E-state index < -0.39 is 25.1 Å². The van der Waals surface area contributed by atoms with E-state index in [9.17, 15) is 16.8 Å². The summed E-state index contributed by atoms with van der Waals surface area (Å²) in [5.74, 6) is -0.387. The number of sulfonamides is 1. The number of pyridine rings is 1. The van der Waals surface area contributed by atoms with Crippen molar-refractivity contribution >= 4 is 41.5 Å². The van der Waals surface area contributed by atoms with Gasteiger partial charge in [0.15, 0.2) is 9.84 Å². The molecule has 0 amide bonds. The number of sulfone groups is 1. The maximum absolute atomic E-state index is 12.1. The molecule has 0 saturated carbocycles. The van der Waals surface area contributed by atoms with Gasteiger partial charge in [0.1, 0.15) is 4.60 Å². The molecule has 1 N–H and O–H groups in total. The Morgan fingerprint density at radius 1 is 1.42 bits per heavy atom. The Kier molecular flexibility index (Phi) is 3.90. The quantitative estimate of drug-likeness (QED) is 0.805. The van der Waals surface area contributed by atoms with Crippen molar-refractivity contribution in [3.63, 3.8) is 0 Å². The zero-order valence-electron chi connectivity index (χ0n) is 10.1. The van der Waals surface area contributed by atoms with Gasteiger partial charge in [-0.3, -0.25) is 4.72 Å². The highest BCUT2D eigenvalue weighted by molar-refractivity contribution is 9.10. The van der Waals surface area contributed by atoms with E-state index in [1.165, 1.54) is 0 Å². The first-order chi connectivity index (χ1) is 8.70. The van der Waals surface area contributed by atoms with Crippen LogP contribution < -0.4 is 4.72 Å². The van der Waals surface area contributed by atoms with Crippen molar-refractivity contribution in [3.05, 3.63) is 22.4 Å². The van der Waals surface area contributed by atoms with Crippen LogP contribution in [0.2, 0.25) is 0 Å². The van der Waals surface area contributed by atoms with Gasteiger partial charge in [-0.05, 0) is 41.4 Å². The van der Waals surface area contributed by atoms with Gasteiger partial charge in [-0.1, -0.05) is 0 Å². The van der Waals surface area contributed by atoms with Crippen LogP contribution in [0.25, 0.3) is 0 Å². The molecule has 1 aliphatic heterocycles. The molecule has 0 radical (unpaired) electrons. The topological polar surface area (TPSA) is 93.2 Å². The molecular weight excluding hydrogens is 356 g/mol. The molecule has 0 spiro atoms. The zero-order chi connectivity index (χ0) is 14.3. The van der Waals surface area contributed by atoms with Gasteiger partial charge < -0.3 is 0 Å². The van der Waals surface area contributed by atoms with E-state index in [2.05, 4.69) is 25.6 Å². The minimum absolute atomic E-state index is 0.0733. The number of nitrogens with one attached hydrogen (secondary N) is 1. The Morgan fingerprint density at radius 3 is 2.63 bits per heavy atom. The van der Waals surface area contributed by atoms with Crippen LogP contribution in [0, 0.1) is 6.92 Å². The molecule has 1 aromatic heterocycles. The normalized spacial score (nSPS) is 22.3. The van der Waals surface area contributed by atoms with Crippen LogP contribution in [0.5, 0.6) is 0 Å². The van der Waals surface area contributed by atoms with Gasteiger partial charge in [0.05, 0.1) is 28.1 Å². The second kappa shape index (κ2) is 5.02. The third kappa shape index (κ3) is 3.46. The Balaban J connectivity index is 2.23. The number of hydrogen-bond acceptors (Lipinski definition) is 5. The number of hydrogen-bond donors (Lipinski definition) is 1. The Bertz CT molecular complexity index is 700. The molecule has 1 fully saturated rings. The molecule has 9 heteroatoms. The molecule has 1 unspecified atom stereocenters. The van der Waals surface area contributed by atoms with E-state index in [0.717, 1.165) is 0 Å². The predicted molar refractivity (Wildman–Crippen MR) is 76.3 cm³/mol. The molecular formula is C10H13BrN2O4S2. The standard InChI is InChI=1S/C10H13BrN2O4S2/c1-7-9(2-3-10(11)12-7)13-19(16,17)8-4-5-18(14,15)6-8/h2-3,8,13H,4-6H2,1H3. The number of aromatic nitrogens is 1. The lowest BCUT2D eigenvalue weighted by Gasteiger charge is -2.13. The van der Waals surface area contributed by atoms with Crippen LogP contribution in [-0.4, -0.2) is 38.6 Å². The molecule has 19 heavy (non-hydrogen) atoms. The summed E-state index contributed by atoms with van der Waals surface area (Å²) in [6.45, 7) is 1.67. The summed E-state index contributed by atoms with van der Waals surface area (Å²) in [6, 6.07) is 3.21. The van der Waals surface area contributed by atoms with Gasteiger partial charge in [0, 0.05) is 0 Å². The number of anilines is 1. The Labute approximate surface area is 120 Å². The lowest BCUT2D eigenvalue weighted by Crippen LogP contribution is -2.29. The van der Waals surface area contributed by atoms with Gasteiger partial charge in [0.25, 0.3) is 0 Å². The van der Waals surface area contributed by atoms with Gasteiger partial charge in [-0.2, -0.15) is 0 Å². The van der Waals surface area contributed by atoms with E-state index in [0.29, 0.717) is 16.0 Å².